The minimum atomic E-state index is -0.0140. The van der Waals surface area contributed by atoms with Crippen LogP contribution in [-0.4, -0.2) is 67.8 Å². The van der Waals surface area contributed by atoms with Crippen LogP contribution >= 0.6 is 0 Å². The molecule has 0 aliphatic carbocycles. The molecular formula is C47H93NO5. The maximum absolute atomic E-state index is 12.9. The van der Waals surface area contributed by atoms with E-state index in [4.69, 9.17) is 9.47 Å². The quantitative estimate of drug-likeness (QED) is 0.0379. The summed E-state index contributed by atoms with van der Waals surface area (Å²) in [5.74, 6) is -0.0249. The highest BCUT2D eigenvalue weighted by atomic mass is 16.5. The second kappa shape index (κ2) is 43.7. The van der Waals surface area contributed by atoms with Gasteiger partial charge in [-0.05, 0) is 70.9 Å². The molecular weight excluding hydrogens is 659 g/mol. The Bertz CT molecular complexity index is 714. The molecule has 0 spiro atoms. The molecule has 0 bridgehead atoms. The van der Waals surface area contributed by atoms with Gasteiger partial charge in [0.2, 0.25) is 0 Å². The van der Waals surface area contributed by atoms with Crippen LogP contribution in [0.2, 0.25) is 0 Å². The Morgan fingerprint density at radius 3 is 1.42 bits per heavy atom. The van der Waals surface area contributed by atoms with E-state index in [1.807, 2.05) is 0 Å². The van der Waals surface area contributed by atoms with E-state index in [1.165, 1.54) is 154 Å². The molecule has 0 saturated heterocycles. The van der Waals surface area contributed by atoms with Crippen LogP contribution in [0.4, 0.5) is 0 Å². The summed E-state index contributed by atoms with van der Waals surface area (Å²) in [7, 11) is 0. The van der Waals surface area contributed by atoms with Crippen LogP contribution < -0.4 is 0 Å². The monoisotopic (exact) mass is 752 g/mol. The zero-order valence-corrected chi connectivity index (χ0v) is 36.0. The zero-order valence-electron chi connectivity index (χ0n) is 36.0. The van der Waals surface area contributed by atoms with E-state index in [1.54, 1.807) is 0 Å². The van der Waals surface area contributed by atoms with Crippen molar-refractivity contribution in [2.24, 2.45) is 5.92 Å². The lowest BCUT2D eigenvalue weighted by atomic mass is 10.0. The molecule has 1 atom stereocenters. The van der Waals surface area contributed by atoms with Crippen LogP contribution in [0.1, 0.15) is 239 Å². The van der Waals surface area contributed by atoms with Gasteiger partial charge in [0.15, 0.2) is 0 Å². The molecule has 0 heterocycles. The summed E-state index contributed by atoms with van der Waals surface area (Å²) in [5, 5.41) is 9.62. The standard InChI is InChI=1S/C47H93NO5/c1-4-7-10-13-16-19-22-25-33-42-52-44-45(43-50)34-30-32-39-48(40-41-49)38-31-26-29-37-47(51)53-46(35-27-23-20-17-14-11-8-5-2)36-28-24-21-18-15-12-9-6-3/h43,45-46,49H,4-42,44H2,1-3H3. The number of aliphatic hydroxyl groups is 1. The lowest BCUT2D eigenvalue weighted by Crippen LogP contribution is -2.29. The number of aldehydes is 1. The van der Waals surface area contributed by atoms with Crippen molar-refractivity contribution in [3.05, 3.63) is 0 Å². The molecule has 0 aromatic rings. The molecule has 0 rings (SSSR count). The predicted octanol–water partition coefficient (Wildman–Crippen LogP) is 13.3. The van der Waals surface area contributed by atoms with Gasteiger partial charge in [-0.1, -0.05) is 175 Å². The smallest absolute Gasteiger partial charge is 0.306 e. The van der Waals surface area contributed by atoms with Gasteiger partial charge in [-0.15, -0.1) is 0 Å². The molecule has 6 heteroatoms. The largest absolute Gasteiger partial charge is 0.462 e. The summed E-state index contributed by atoms with van der Waals surface area (Å²) < 4.78 is 11.9. The summed E-state index contributed by atoms with van der Waals surface area (Å²) >= 11 is 0. The van der Waals surface area contributed by atoms with Crippen molar-refractivity contribution in [3.8, 4) is 0 Å². The van der Waals surface area contributed by atoms with E-state index in [2.05, 4.69) is 25.7 Å². The van der Waals surface area contributed by atoms with Gasteiger partial charge in [0, 0.05) is 25.5 Å². The van der Waals surface area contributed by atoms with E-state index in [0.717, 1.165) is 83.8 Å². The minimum Gasteiger partial charge on any atom is -0.462 e. The SMILES string of the molecule is CCCCCCCCCCCOCC(C=O)CCCCN(CCO)CCCCCC(=O)OC(CCCCCCCCCC)CCCCCCCCCC. The van der Waals surface area contributed by atoms with Gasteiger partial charge in [-0.25, -0.2) is 0 Å². The lowest BCUT2D eigenvalue weighted by molar-refractivity contribution is -0.150. The lowest BCUT2D eigenvalue weighted by Gasteiger charge is -2.21. The second-order valence-corrected chi connectivity index (χ2v) is 16.3. The number of ether oxygens (including phenoxy) is 2. The first-order valence-corrected chi connectivity index (χ1v) is 23.7. The Kier molecular flexibility index (Phi) is 42.9. The molecule has 1 N–H and O–H groups in total. The van der Waals surface area contributed by atoms with Gasteiger partial charge < -0.3 is 24.3 Å². The summed E-state index contributed by atoms with van der Waals surface area (Å²) in [5.41, 5.74) is 0. The molecule has 0 aromatic carbocycles. The maximum atomic E-state index is 12.9. The number of carbonyl (C=O) groups is 2. The number of hydrogen-bond acceptors (Lipinski definition) is 6. The summed E-state index contributed by atoms with van der Waals surface area (Å²) in [4.78, 5) is 26.8. The summed E-state index contributed by atoms with van der Waals surface area (Å²) in [6.07, 6.45) is 42.2. The fourth-order valence-electron chi connectivity index (χ4n) is 7.46. The van der Waals surface area contributed by atoms with Crippen molar-refractivity contribution in [2.45, 2.75) is 245 Å². The molecule has 0 aliphatic heterocycles. The Hall–Kier alpha value is -0.980. The average molecular weight is 752 g/mol. The fourth-order valence-corrected chi connectivity index (χ4v) is 7.46. The maximum Gasteiger partial charge on any atom is 0.306 e. The Morgan fingerprint density at radius 1 is 0.528 bits per heavy atom. The Labute approximate surface area is 331 Å². The predicted molar refractivity (Wildman–Crippen MR) is 228 cm³/mol. The topological polar surface area (TPSA) is 76.1 Å². The van der Waals surface area contributed by atoms with Crippen molar-refractivity contribution in [2.75, 3.05) is 39.5 Å². The number of aliphatic hydroxyl groups excluding tert-OH is 1. The van der Waals surface area contributed by atoms with Crippen molar-refractivity contribution < 1.29 is 24.2 Å². The second-order valence-electron chi connectivity index (χ2n) is 16.3. The summed E-state index contributed by atoms with van der Waals surface area (Å²) in [6.45, 7) is 10.8. The number of nitrogens with zero attached hydrogens (tertiary/aromatic N) is 1. The van der Waals surface area contributed by atoms with Crippen LogP contribution in [0.15, 0.2) is 0 Å². The first-order valence-electron chi connectivity index (χ1n) is 23.7. The van der Waals surface area contributed by atoms with Crippen LogP contribution in [0.3, 0.4) is 0 Å². The molecule has 53 heavy (non-hydrogen) atoms. The van der Waals surface area contributed by atoms with Gasteiger partial charge in [0.25, 0.3) is 0 Å². The Morgan fingerprint density at radius 2 is 0.943 bits per heavy atom. The van der Waals surface area contributed by atoms with E-state index < -0.39 is 0 Å². The van der Waals surface area contributed by atoms with Crippen molar-refractivity contribution in [1.29, 1.82) is 0 Å². The summed E-state index contributed by atoms with van der Waals surface area (Å²) in [6, 6.07) is 0. The third kappa shape index (κ3) is 39.1. The zero-order chi connectivity index (χ0) is 38.7. The van der Waals surface area contributed by atoms with Gasteiger partial charge >= 0.3 is 5.97 Å². The van der Waals surface area contributed by atoms with Crippen LogP contribution in [-0.2, 0) is 19.1 Å². The molecule has 0 aromatic heterocycles. The number of esters is 1. The molecule has 1 unspecified atom stereocenters. The van der Waals surface area contributed by atoms with Gasteiger partial charge in [0.05, 0.1) is 13.2 Å². The van der Waals surface area contributed by atoms with Crippen molar-refractivity contribution in [1.82, 2.24) is 4.90 Å². The molecule has 316 valence electrons. The van der Waals surface area contributed by atoms with E-state index in [9.17, 15) is 14.7 Å². The van der Waals surface area contributed by atoms with Crippen LogP contribution in [0, 0.1) is 5.92 Å². The number of hydrogen-bond donors (Lipinski definition) is 1. The van der Waals surface area contributed by atoms with Crippen LogP contribution in [0.25, 0.3) is 0 Å². The number of unbranched alkanes of at least 4 members (excludes halogenated alkanes) is 25. The Balaban J connectivity index is 4.21. The highest BCUT2D eigenvalue weighted by Crippen LogP contribution is 2.19. The molecule has 0 fully saturated rings. The molecule has 0 aliphatic rings. The van der Waals surface area contributed by atoms with Gasteiger partial charge in [0.1, 0.15) is 12.4 Å². The number of carbonyl (C=O) groups excluding carboxylic acids is 2. The third-order valence-corrected chi connectivity index (χ3v) is 11.0. The molecule has 0 saturated carbocycles. The highest BCUT2D eigenvalue weighted by molar-refractivity contribution is 5.69. The normalized spacial score (nSPS) is 12.3. The van der Waals surface area contributed by atoms with E-state index in [0.29, 0.717) is 19.6 Å². The van der Waals surface area contributed by atoms with Crippen LogP contribution in [0.5, 0.6) is 0 Å². The van der Waals surface area contributed by atoms with Gasteiger partial charge in [-0.2, -0.15) is 0 Å². The molecule has 6 nitrogen and oxygen atoms in total. The third-order valence-electron chi connectivity index (χ3n) is 11.0. The minimum absolute atomic E-state index is 0.0109. The molecule has 0 amide bonds. The fraction of sp³-hybridized carbons (Fsp3) is 0.957. The van der Waals surface area contributed by atoms with Crippen molar-refractivity contribution in [3.63, 3.8) is 0 Å². The van der Waals surface area contributed by atoms with Crippen molar-refractivity contribution >= 4 is 12.3 Å². The number of rotatable bonds is 45. The van der Waals surface area contributed by atoms with E-state index in [-0.39, 0.29) is 24.6 Å². The average Bonchev–Trinajstić information content (AvgIpc) is 3.16. The first kappa shape index (κ1) is 52.0. The highest BCUT2D eigenvalue weighted by Gasteiger charge is 2.15. The van der Waals surface area contributed by atoms with E-state index >= 15 is 0 Å². The first-order chi connectivity index (χ1) is 26.1. The molecule has 0 radical (unpaired) electrons. The van der Waals surface area contributed by atoms with Gasteiger partial charge in [-0.3, -0.25) is 4.79 Å².